The van der Waals surface area contributed by atoms with E-state index in [1.54, 1.807) is 12.1 Å². The molecule has 0 bridgehead atoms. The van der Waals surface area contributed by atoms with Crippen LogP contribution in [0.5, 0.6) is 0 Å². The Morgan fingerprint density at radius 1 is 0.590 bits per heavy atom. The van der Waals surface area contributed by atoms with Crippen molar-refractivity contribution >= 4 is 21.8 Å². The molecule has 206 valence electrons. The number of aliphatic hydroxyl groups excluding tert-OH is 8. The summed E-state index contributed by atoms with van der Waals surface area (Å²) in [6.45, 7) is -1.07. The fourth-order valence-corrected chi connectivity index (χ4v) is 4.80. The first kappa shape index (κ1) is 27.5. The zero-order valence-corrected chi connectivity index (χ0v) is 20.5. The summed E-state index contributed by atoms with van der Waals surface area (Å²) in [5.41, 5.74) is 2.86. The van der Waals surface area contributed by atoms with Crippen molar-refractivity contribution in [2.24, 2.45) is 0 Å². The normalized spacial score (nSPS) is 34.8. The molecule has 0 amide bonds. The van der Waals surface area contributed by atoms with Crippen molar-refractivity contribution in [2.75, 3.05) is 13.2 Å². The molecule has 39 heavy (non-hydrogen) atoms. The van der Waals surface area contributed by atoms with Crippen LogP contribution in [-0.2, 0) is 9.47 Å². The number of ether oxygens (including phenoxy) is 2. The second-order valence-electron chi connectivity index (χ2n) is 9.68. The summed E-state index contributed by atoms with van der Waals surface area (Å²) in [6.07, 6.45) is -13.1. The monoisotopic (exact) mass is 539 g/mol. The first-order chi connectivity index (χ1) is 18.7. The second-order valence-corrected chi connectivity index (χ2v) is 9.68. The van der Waals surface area contributed by atoms with Gasteiger partial charge in [0, 0.05) is 32.9 Å². The van der Waals surface area contributed by atoms with Gasteiger partial charge in [0.2, 0.25) is 0 Å². The van der Waals surface area contributed by atoms with Crippen molar-refractivity contribution < 1.29 is 50.3 Å². The van der Waals surface area contributed by atoms with Gasteiger partial charge in [-0.3, -0.25) is 0 Å². The van der Waals surface area contributed by atoms with Crippen LogP contribution in [0.15, 0.2) is 36.4 Å². The summed E-state index contributed by atoms with van der Waals surface area (Å²) in [6, 6.07) is 10.9. The Hall–Kier alpha value is -3.04. The van der Waals surface area contributed by atoms with Gasteiger partial charge in [-0.05, 0) is 36.4 Å². The minimum absolute atomic E-state index is 0.536. The Kier molecular flexibility index (Phi) is 7.91. The van der Waals surface area contributed by atoms with E-state index in [0.29, 0.717) is 11.1 Å². The molecule has 1 aromatic heterocycles. The predicted molar refractivity (Wildman–Crippen MR) is 137 cm³/mol. The topological polar surface area (TPSA) is 196 Å². The zero-order valence-electron chi connectivity index (χ0n) is 20.5. The van der Waals surface area contributed by atoms with Crippen LogP contribution in [0.2, 0.25) is 0 Å². The Morgan fingerprint density at radius 3 is 1.38 bits per heavy atom. The largest absolute Gasteiger partial charge is 0.394 e. The van der Waals surface area contributed by atoms with Gasteiger partial charge in [0.25, 0.3) is 0 Å². The van der Waals surface area contributed by atoms with Gasteiger partial charge in [0.05, 0.1) is 13.2 Å². The molecule has 3 heterocycles. The summed E-state index contributed by atoms with van der Waals surface area (Å²) < 4.78 is 10.9. The number of hydrogen-bond acceptors (Lipinski definition) is 10. The van der Waals surface area contributed by atoms with Crippen molar-refractivity contribution in [1.82, 2.24) is 4.98 Å². The molecule has 2 aromatic carbocycles. The Bertz CT molecular complexity index is 1350. The van der Waals surface area contributed by atoms with E-state index in [4.69, 9.17) is 9.47 Å². The Labute approximate surface area is 222 Å². The molecule has 2 fully saturated rings. The highest BCUT2D eigenvalue weighted by molar-refractivity contribution is 6.08. The summed E-state index contributed by atoms with van der Waals surface area (Å²) in [4.78, 5) is 3.30. The fraction of sp³-hybridized carbons (Fsp3) is 0.429. The molecule has 0 aliphatic carbocycles. The van der Waals surface area contributed by atoms with E-state index < -0.39 is 74.3 Å². The molecular formula is C28H29NO10. The van der Waals surface area contributed by atoms with Crippen LogP contribution in [0.3, 0.4) is 0 Å². The number of aromatic nitrogens is 1. The maximum atomic E-state index is 10.2. The summed E-state index contributed by atoms with van der Waals surface area (Å²) in [7, 11) is 0. The molecule has 0 spiro atoms. The van der Waals surface area contributed by atoms with E-state index in [1.807, 2.05) is 24.3 Å². The van der Waals surface area contributed by atoms with Gasteiger partial charge >= 0.3 is 0 Å². The fourth-order valence-electron chi connectivity index (χ4n) is 4.80. The number of aliphatic hydroxyl groups is 8. The molecule has 3 aromatic rings. The molecule has 0 saturated carbocycles. The average Bonchev–Trinajstić information content (AvgIpc) is 3.31. The number of nitrogens with one attached hydrogen (secondary N) is 1. The van der Waals surface area contributed by atoms with Gasteiger partial charge < -0.3 is 55.3 Å². The number of rotatable bonds is 2. The summed E-state index contributed by atoms with van der Waals surface area (Å²) in [5, 5.41) is 80.7. The van der Waals surface area contributed by atoms with Crippen LogP contribution in [0.1, 0.15) is 11.1 Å². The van der Waals surface area contributed by atoms with Crippen molar-refractivity contribution in [3.8, 4) is 23.7 Å². The first-order valence-corrected chi connectivity index (χ1v) is 12.4. The third-order valence-electron chi connectivity index (χ3n) is 7.10. The van der Waals surface area contributed by atoms with Gasteiger partial charge in [-0.1, -0.05) is 23.7 Å². The van der Waals surface area contributed by atoms with Crippen molar-refractivity contribution in [3.63, 3.8) is 0 Å². The van der Waals surface area contributed by atoms with E-state index in [-0.39, 0.29) is 0 Å². The number of hydrogen-bond donors (Lipinski definition) is 9. The van der Waals surface area contributed by atoms with Crippen LogP contribution in [-0.4, -0.2) is 120 Å². The smallest absolute Gasteiger partial charge is 0.147 e. The maximum Gasteiger partial charge on any atom is 0.147 e. The standard InChI is InChI=1S/C28H29NO10/c30-11-21-25(34)27(36)23(32)19(38-21)7-3-13-1-5-17-15(9-13)16-10-14(2-6-18(16)29-17)4-8-20-24(33)28(37)26(35)22(12-31)39-20/h1-2,5-6,9-10,19-37H,11-12H2/t19-,20-,21-,22-,23-,24-,25-,26-,27-,28-/m1/s1. The average molecular weight is 540 g/mol. The van der Waals surface area contributed by atoms with Crippen LogP contribution >= 0.6 is 0 Å². The summed E-state index contributed by atoms with van der Waals surface area (Å²) >= 11 is 0. The SMILES string of the molecule is OC[C@H]1O[C@H](C#Cc2ccc3[nH]c4ccc(C#C[C@H]5O[C@H](CO)[C@@H](O)[C@H](O)[C@@H]5O)cc4c3c2)[C@@H](O)[C@@H](O)[C@@H]1O. The molecular weight excluding hydrogens is 510 g/mol. The summed E-state index contributed by atoms with van der Waals surface area (Å²) in [5.74, 6) is 11.4. The molecule has 2 aliphatic rings. The van der Waals surface area contributed by atoms with Crippen molar-refractivity contribution in [2.45, 2.75) is 61.0 Å². The molecule has 0 radical (unpaired) electrons. The van der Waals surface area contributed by atoms with E-state index >= 15 is 0 Å². The predicted octanol–water partition coefficient (Wildman–Crippen LogP) is -2.29. The minimum Gasteiger partial charge on any atom is -0.394 e. The number of aromatic amines is 1. The molecule has 11 heteroatoms. The molecule has 10 atom stereocenters. The number of fused-ring (bicyclic) bond motifs is 3. The highest BCUT2D eigenvalue weighted by atomic mass is 16.5. The van der Waals surface area contributed by atoms with Crippen molar-refractivity contribution in [3.05, 3.63) is 47.5 Å². The van der Waals surface area contributed by atoms with E-state index in [2.05, 4.69) is 28.7 Å². The molecule has 2 saturated heterocycles. The lowest BCUT2D eigenvalue weighted by Gasteiger charge is -2.37. The van der Waals surface area contributed by atoms with E-state index in [9.17, 15) is 40.9 Å². The quantitative estimate of drug-likeness (QED) is 0.160. The van der Waals surface area contributed by atoms with Gasteiger partial charge in [0.1, 0.15) is 61.0 Å². The Balaban J connectivity index is 1.42. The first-order valence-electron chi connectivity index (χ1n) is 12.4. The van der Waals surface area contributed by atoms with E-state index in [1.165, 1.54) is 0 Å². The van der Waals surface area contributed by atoms with Gasteiger partial charge in [-0.15, -0.1) is 0 Å². The van der Waals surface area contributed by atoms with Crippen LogP contribution in [0.25, 0.3) is 21.8 Å². The van der Waals surface area contributed by atoms with Crippen LogP contribution < -0.4 is 0 Å². The lowest BCUT2D eigenvalue weighted by Crippen LogP contribution is -2.58. The van der Waals surface area contributed by atoms with Gasteiger partial charge in [0.15, 0.2) is 0 Å². The van der Waals surface area contributed by atoms with Crippen molar-refractivity contribution in [1.29, 1.82) is 0 Å². The third kappa shape index (κ3) is 5.26. The third-order valence-corrected chi connectivity index (χ3v) is 7.10. The van der Waals surface area contributed by atoms with Gasteiger partial charge in [-0.2, -0.15) is 0 Å². The Morgan fingerprint density at radius 2 is 1.00 bits per heavy atom. The highest BCUT2D eigenvalue weighted by Gasteiger charge is 2.43. The molecule has 9 N–H and O–H groups in total. The van der Waals surface area contributed by atoms with E-state index in [0.717, 1.165) is 21.8 Å². The molecule has 0 unspecified atom stereocenters. The molecule has 5 rings (SSSR count). The minimum atomic E-state index is -1.51. The lowest BCUT2D eigenvalue weighted by molar-refractivity contribution is -0.214. The van der Waals surface area contributed by atoms with Crippen LogP contribution in [0, 0.1) is 23.7 Å². The number of benzene rings is 2. The van der Waals surface area contributed by atoms with Crippen LogP contribution in [0.4, 0.5) is 0 Å². The maximum absolute atomic E-state index is 10.2. The lowest BCUT2D eigenvalue weighted by atomic mass is 9.95. The highest BCUT2D eigenvalue weighted by Crippen LogP contribution is 2.28. The van der Waals surface area contributed by atoms with Gasteiger partial charge in [-0.25, -0.2) is 0 Å². The molecule has 2 aliphatic heterocycles. The molecule has 11 nitrogen and oxygen atoms in total. The zero-order chi connectivity index (χ0) is 27.8. The number of H-pyrrole nitrogens is 1. The second kappa shape index (κ2) is 11.2.